The van der Waals surface area contributed by atoms with Gasteiger partial charge in [0, 0.05) is 39.2 Å². The number of hydrogen-bond acceptors (Lipinski definition) is 5. The first-order valence-electron chi connectivity index (χ1n) is 9.47. The van der Waals surface area contributed by atoms with Crippen molar-refractivity contribution in [3.05, 3.63) is 95.2 Å². The predicted molar refractivity (Wildman–Crippen MR) is 122 cm³/mol. The van der Waals surface area contributed by atoms with Gasteiger partial charge in [-0.2, -0.15) is 9.61 Å². The van der Waals surface area contributed by atoms with E-state index in [1.54, 1.807) is 29.0 Å². The fourth-order valence-electron chi connectivity index (χ4n) is 3.18. The van der Waals surface area contributed by atoms with E-state index < -0.39 is 0 Å². The number of rotatable bonds is 4. The van der Waals surface area contributed by atoms with Crippen molar-refractivity contribution in [1.29, 1.82) is 0 Å². The van der Waals surface area contributed by atoms with E-state index in [1.165, 1.54) is 0 Å². The number of benzene rings is 2. The van der Waals surface area contributed by atoms with E-state index in [-0.39, 0.29) is 5.91 Å². The van der Waals surface area contributed by atoms with Crippen molar-refractivity contribution in [2.75, 3.05) is 5.32 Å². The predicted octanol–water partition coefficient (Wildman–Crippen LogP) is 4.87. The number of carbonyl (C=O) groups is 1. The molecule has 0 aliphatic rings. The van der Waals surface area contributed by atoms with Crippen LogP contribution >= 0.6 is 15.9 Å². The molecule has 3 aromatic heterocycles. The molecular formula is C23H15BrN6O. The number of amides is 1. The number of nitrogens with one attached hydrogen (secondary N) is 1. The Morgan fingerprint density at radius 3 is 2.55 bits per heavy atom. The highest BCUT2D eigenvalue weighted by Gasteiger charge is 2.12. The average Bonchev–Trinajstić information content (AvgIpc) is 3.23. The maximum atomic E-state index is 12.5. The molecule has 31 heavy (non-hydrogen) atoms. The zero-order valence-corrected chi connectivity index (χ0v) is 17.7. The van der Waals surface area contributed by atoms with Gasteiger partial charge in [0.1, 0.15) is 0 Å². The molecule has 5 aromatic rings. The summed E-state index contributed by atoms with van der Waals surface area (Å²) in [6.45, 7) is 0. The number of pyridine rings is 1. The summed E-state index contributed by atoms with van der Waals surface area (Å²) in [5.41, 5.74) is 4.33. The topological polar surface area (TPSA) is 85.1 Å². The van der Waals surface area contributed by atoms with Crippen LogP contribution in [0.3, 0.4) is 0 Å². The fourth-order valence-corrected chi connectivity index (χ4v) is 3.44. The second-order valence-electron chi connectivity index (χ2n) is 6.80. The van der Waals surface area contributed by atoms with Gasteiger partial charge in [-0.1, -0.05) is 28.1 Å². The minimum Gasteiger partial charge on any atom is -0.322 e. The van der Waals surface area contributed by atoms with Crippen molar-refractivity contribution in [3.63, 3.8) is 0 Å². The molecule has 5 rings (SSSR count). The molecule has 2 aromatic carbocycles. The number of hydrogen-bond donors (Lipinski definition) is 1. The minimum atomic E-state index is -0.175. The first-order valence-corrected chi connectivity index (χ1v) is 10.3. The molecule has 0 saturated heterocycles. The summed E-state index contributed by atoms with van der Waals surface area (Å²) in [7, 11) is 0. The quantitative estimate of drug-likeness (QED) is 0.405. The molecule has 0 aliphatic carbocycles. The van der Waals surface area contributed by atoms with Gasteiger partial charge in [-0.3, -0.25) is 9.78 Å². The summed E-state index contributed by atoms with van der Waals surface area (Å²) in [6, 6.07) is 22.3. The van der Waals surface area contributed by atoms with Crippen LogP contribution in [0.1, 0.15) is 10.4 Å². The summed E-state index contributed by atoms with van der Waals surface area (Å²) < 4.78 is 2.62. The Labute approximate surface area is 185 Å². The minimum absolute atomic E-state index is 0.175. The second kappa shape index (κ2) is 8.08. The second-order valence-corrected chi connectivity index (χ2v) is 7.71. The first-order chi connectivity index (χ1) is 15.2. The van der Waals surface area contributed by atoms with Crippen LogP contribution in [-0.4, -0.2) is 30.7 Å². The zero-order chi connectivity index (χ0) is 21.2. The summed E-state index contributed by atoms with van der Waals surface area (Å²) >= 11 is 3.38. The van der Waals surface area contributed by atoms with Crippen molar-refractivity contribution < 1.29 is 4.79 Å². The van der Waals surface area contributed by atoms with Crippen LogP contribution in [0.15, 0.2) is 89.7 Å². The molecule has 7 nitrogen and oxygen atoms in total. The third-order valence-electron chi connectivity index (χ3n) is 4.71. The highest BCUT2D eigenvalue weighted by Crippen LogP contribution is 2.23. The smallest absolute Gasteiger partial charge is 0.255 e. The number of fused-ring (bicyclic) bond motifs is 1. The lowest BCUT2D eigenvalue weighted by atomic mass is 10.1. The maximum absolute atomic E-state index is 12.5. The number of carbonyl (C=O) groups excluding carboxylic acids is 1. The highest BCUT2D eigenvalue weighted by atomic mass is 79.9. The molecule has 0 radical (unpaired) electrons. The normalized spacial score (nSPS) is 10.9. The van der Waals surface area contributed by atoms with Gasteiger partial charge >= 0.3 is 0 Å². The molecule has 1 amide bonds. The number of nitrogens with zero attached hydrogens (tertiary/aromatic N) is 5. The largest absolute Gasteiger partial charge is 0.322 e. The van der Waals surface area contributed by atoms with E-state index in [9.17, 15) is 4.79 Å². The van der Waals surface area contributed by atoms with Crippen LogP contribution in [0.25, 0.3) is 28.3 Å². The van der Waals surface area contributed by atoms with Gasteiger partial charge in [-0.25, -0.2) is 0 Å². The van der Waals surface area contributed by atoms with Crippen molar-refractivity contribution in [2.24, 2.45) is 0 Å². The summed E-state index contributed by atoms with van der Waals surface area (Å²) in [5, 5.41) is 16.1. The van der Waals surface area contributed by atoms with E-state index in [4.69, 9.17) is 5.10 Å². The molecule has 3 heterocycles. The van der Waals surface area contributed by atoms with E-state index in [0.29, 0.717) is 22.7 Å². The first kappa shape index (κ1) is 19.1. The maximum Gasteiger partial charge on any atom is 0.255 e. The Morgan fingerprint density at radius 1 is 0.903 bits per heavy atom. The van der Waals surface area contributed by atoms with Crippen molar-refractivity contribution >= 4 is 33.2 Å². The fraction of sp³-hybridized carbons (Fsp3) is 0. The lowest BCUT2D eigenvalue weighted by Crippen LogP contribution is -2.11. The van der Waals surface area contributed by atoms with Crippen LogP contribution in [0.4, 0.5) is 5.69 Å². The zero-order valence-electron chi connectivity index (χ0n) is 16.1. The van der Waals surface area contributed by atoms with Crippen LogP contribution in [0, 0.1) is 0 Å². The average molecular weight is 471 g/mol. The molecule has 0 aliphatic heterocycles. The molecular weight excluding hydrogens is 456 g/mol. The van der Waals surface area contributed by atoms with Gasteiger partial charge in [0.2, 0.25) is 0 Å². The Balaban J connectivity index is 1.46. The molecule has 0 atom stereocenters. The SMILES string of the molecule is O=C(Nc1cccc(-c2ccc3nnc(-c4cccnc4)n3n2)c1)c1ccc(Br)cc1. The molecule has 150 valence electrons. The molecule has 8 heteroatoms. The summed E-state index contributed by atoms with van der Waals surface area (Å²) in [4.78, 5) is 16.7. The Kier molecular flexibility index (Phi) is 4.97. The van der Waals surface area contributed by atoms with Crippen LogP contribution < -0.4 is 5.32 Å². The van der Waals surface area contributed by atoms with Crippen LogP contribution in [0.5, 0.6) is 0 Å². The van der Waals surface area contributed by atoms with Gasteiger partial charge < -0.3 is 5.32 Å². The third kappa shape index (κ3) is 3.93. The lowest BCUT2D eigenvalue weighted by molar-refractivity contribution is 0.102. The van der Waals surface area contributed by atoms with E-state index >= 15 is 0 Å². The van der Waals surface area contributed by atoms with E-state index in [2.05, 4.69) is 36.4 Å². The van der Waals surface area contributed by atoms with Crippen molar-refractivity contribution in [2.45, 2.75) is 0 Å². The van der Waals surface area contributed by atoms with Crippen LogP contribution in [-0.2, 0) is 0 Å². The van der Waals surface area contributed by atoms with Crippen molar-refractivity contribution in [1.82, 2.24) is 24.8 Å². The van der Waals surface area contributed by atoms with Gasteiger partial charge in [0.15, 0.2) is 11.5 Å². The Morgan fingerprint density at radius 2 is 1.74 bits per heavy atom. The van der Waals surface area contributed by atoms with Crippen molar-refractivity contribution in [3.8, 4) is 22.6 Å². The lowest BCUT2D eigenvalue weighted by Gasteiger charge is -2.08. The molecule has 0 bridgehead atoms. The Hall–Kier alpha value is -3.91. The van der Waals surface area contributed by atoms with Gasteiger partial charge in [-0.05, 0) is 60.7 Å². The summed E-state index contributed by atoms with van der Waals surface area (Å²) in [6.07, 6.45) is 3.43. The number of halogens is 1. The monoisotopic (exact) mass is 470 g/mol. The summed E-state index contributed by atoms with van der Waals surface area (Å²) in [5.74, 6) is 0.440. The van der Waals surface area contributed by atoms with Gasteiger partial charge in [-0.15, -0.1) is 10.2 Å². The molecule has 0 unspecified atom stereocenters. The molecule has 0 saturated carbocycles. The van der Waals surface area contributed by atoms with Gasteiger partial charge in [0.05, 0.1) is 5.69 Å². The van der Waals surface area contributed by atoms with E-state index in [0.717, 1.165) is 21.3 Å². The Bertz CT molecular complexity index is 1380. The number of anilines is 1. The molecule has 0 fully saturated rings. The van der Waals surface area contributed by atoms with E-state index in [1.807, 2.05) is 60.7 Å². The van der Waals surface area contributed by atoms with Crippen LogP contribution in [0.2, 0.25) is 0 Å². The molecule has 0 spiro atoms. The standard InChI is InChI=1S/C23H15BrN6O/c24-18-8-6-15(7-9-18)23(31)26-19-5-1-3-16(13-19)20-10-11-21-27-28-22(30(21)29-20)17-4-2-12-25-14-17/h1-14H,(H,26,31). The third-order valence-corrected chi connectivity index (χ3v) is 5.23. The highest BCUT2D eigenvalue weighted by molar-refractivity contribution is 9.10. The number of aromatic nitrogens is 5. The molecule has 1 N–H and O–H groups in total. The van der Waals surface area contributed by atoms with Gasteiger partial charge in [0.25, 0.3) is 5.91 Å².